The third-order valence-corrected chi connectivity index (χ3v) is 6.79. The molecule has 2 aliphatic rings. The van der Waals surface area contributed by atoms with Crippen molar-refractivity contribution in [2.24, 2.45) is 0 Å². The molecule has 7 nitrogen and oxygen atoms in total. The van der Waals surface area contributed by atoms with Crippen LogP contribution < -0.4 is 10.3 Å². The van der Waals surface area contributed by atoms with E-state index in [4.69, 9.17) is 4.74 Å². The maximum Gasteiger partial charge on any atom is 0.275 e. The Morgan fingerprint density at radius 1 is 0.970 bits per heavy atom. The van der Waals surface area contributed by atoms with Crippen molar-refractivity contribution < 1.29 is 9.53 Å². The van der Waals surface area contributed by atoms with E-state index in [9.17, 15) is 9.59 Å². The topological polar surface area (TPSA) is 69.4 Å². The lowest BCUT2D eigenvalue weighted by atomic mass is 9.86. The lowest BCUT2D eigenvalue weighted by Gasteiger charge is -2.45. The molecule has 0 saturated heterocycles. The van der Waals surface area contributed by atoms with Gasteiger partial charge in [-0.3, -0.25) is 9.59 Å². The number of hydrogen-bond acceptors (Lipinski definition) is 4. The number of ether oxygens (including phenoxy) is 1. The van der Waals surface area contributed by atoms with E-state index in [0.29, 0.717) is 24.5 Å². The molecular weight excluding hydrogens is 416 g/mol. The van der Waals surface area contributed by atoms with Crippen LogP contribution in [0.25, 0.3) is 16.5 Å². The first-order chi connectivity index (χ1) is 16.1. The Kier molecular flexibility index (Phi) is 4.57. The molecule has 1 fully saturated rings. The second-order valence-corrected chi connectivity index (χ2v) is 8.76. The number of aromatic nitrogens is 3. The molecule has 0 unspecified atom stereocenters. The van der Waals surface area contributed by atoms with Crippen molar-refractivity contribution in [3.05, 3.63) is 88.9 Å². The summed E-state index contributed by atoms with van der Waals surface area (Å²) in [5.41, 5.74) is 1.60. The Hall–Kier alpha value is -3.87. The summed E-state index contributed by atoms with van der Waals surface area (Å²) in [6.07, 6.45) is 5.19. The van der Waals surface area contributed by atoms with E-state index in [1.807, 2.05) is 42.3 Å². The van der Waals surface area contributed by atoms with Gasteiger partial charge in [-0.05, 0) is 43.4 Å². The Labute approximate surface area is 190 Å². The fourth-order valence-corrected chi connectivity index (χ4v) is 4.91. The summed E-state index contributed by atoms with van der Waals surface area (Å²) in [4.78, 5) is 32.5. The molecule has 2 aromatic heterocycles. The van der Waals surface area contributed by atoms with Gasteiger partial charge in [0, 0.05) is 24.7 Å². The van der Waals surface area contributed by atoms with Gasteiger partial charge in [0.15, 0.2) is 0 Å². The minimum atomic E-state index is -0.171. The summed E-state index contributed by atoms with van der Waals surface area (Å²) in [6.45, 7) is 2.85. The van der Waals surface area contributed by atoms with Crippen molar-refractivity contribution in [2.75, 3.05) is 6.54 Å². The van der Waals surface area contributed by atoms with Crippen molar-refractivity contribution in [3.63, 3.8) is 0 Å². The normalized spacial score (nSPS) is 19.9. The highest BCUT2D eigenvalue weighted by atomic mass is 16.5. The number of nitrogens with zero attached hydrogens (tertiary/aromatic N) is 4. The number of fused-ring (bicyclic) bond motifs is 2. The first-order valence-corrected chi connectivity index (χ1v) is 11.3. The molecule has 1 aliphatic heterocycles. The molecule has 0 spiro atoms. The van der Waals surface area contributed by atoms with Gasteiger partial charge in [0.1, 0.15) is 23.2 Å². The zero-order valence-corrected chi connectivity index (χ0v) is 18.3. The first-order valence-electron chi connectivity index (χ1n) is 11.3. The molecule has 6 rings (SSSR count). The van der Waals surface area contributed by atoms with Crippen LogP contribution in [-0.4, -0.2) is 43.6 Å². The number of carbonyl (C=O) groups is 1. The highest BCUT2D eigenvalue weighted by Crippen LogP contribution is 2.34. The molecule has 0 bridgehead atoms. The molecule has 1 aliphatic carbocycles. The molecule has 2 atom stereocenters. The minimum absolute atomic E-state index is 0.0105. The predicted octanol–water partition coefficient (Wildman–Crippen LogP) is 3.56. The maximum atomic E-state index is 13.4. The molecule has 4 aromatic rings. The lowest BCUT2D eigenvalue weighted by molar-refractivity contribution is -0.00483. The molecule has 3 heterocycles. The molecule has 166 valence electrons. The number of aryl methyl sites for hydroxylation is 1. The third kappa shape index (κ3) is 3.23. The predicted molar refractivity (Wildman–Crippen MR) is 125 cm³/mol. The van der Waals surface area contributed by atoms with E-state index < -0.39 is 0 Å². The van der Waals surface area contributed by atoms with Crippen molar-refractivity contribution in [1.82, 2.24) is 19.0 Å². The molecule has 2 aromatic carbocycles. The van der Waals surface area contributed by atoms with Crippen molar-refractivity contribution in [2.45, 2.75) is 38.5 Å². The highest BCUT2D eigenvalue weighted by molar-refractivity contribution is 5.94. The summed E-state index contributed by atoms with van der Waals surface area (Å²) < 4.78 is 9.69. The number of carbonyl (C=O) groups excluding carboxylic acids is 1. The van der Waals surface area contributed by atoms with Gasteiger partial charge in [-0.15, -0.1) is 0 Å². The van der Waals surface area contributed by atoms with Crippen LogP contribution >= 0.6 is 0 Å². The van der Waals surface area contributed by atoms with Gasteiger partial charge < -0.3 is 18.8 Å². The summed E-state index contributed by atoms with van der Waals surface area (Å²) in [5.74, 6) is 0.743. The number of imidazole rings is 1. The smallest absolute Gasteiger partial charge is 0.275 e. The summed E-state index contributed by atoms with van der Waals surface area (Å²) in [7, 11) is 0. The van der Waals surface area contributed by atoms with Crippen LogP contribution in [-0.2, 0) is 6.54 Å². The second kappa shape index (κ2) is 7.62. The van der Waals surface area contributed by atoms with Crippen molar-refractivity contribution in [1.29, 1.82) is 0 Å². The van der Waals surface area contributed by atoms with Gasteiger partial charge in [0.05, 0.1) is 18.1 Å². The van der Waals surface area contributed by atoms with Crippen LogP contribution in [0.1, 0.15) is 29.0 Å². The number of amides is 1. The Bertz CT molecular complexity index is 1430. The fourth-order valence-electron chi connectivity index (χ4n) is 4.91. The lowest BCUT2D eigenvalue weighted by Crippen LogP contribution is -2.58. The SMILES string of the molecule is Cc1cn(-c2ccc3n(c2=O)CCN([C@H]2CC[C@@H]2Oc2cccc4ccccc24)C3=O)cn1. The quantitative estimate of drug-likeness (QED) is 0.487. The van der Waals surface area contributed by atoms with Gasteiger partial charge >= 0.3 is 0 Å². The van der Waals surface area contributed by atoms with E-state index in [1.165, 1.54) is 0 Å². The van der Waals surface area contributed by atoms with Crippen molar-refractivity contribution in [3.8, 4) is 11.4 Å². The summed E-state index contributed by atoms with van der Waals surface area (Å²) in [5, 5.41) is 2.21. The van der Waals surface area contributed by atoms with Crippen LogP contribution in [0.3, 0.4) is 0 Å². The van der Waals surface area contributed by atoms with Crippen LogP contribution in [0.15, 0.2) is 71.9 Å². The van der Waals surface area contributed by atoms with Crippen LogP contribution in [0.2, 0.25) is 0 Å². The second-order valence-electron chi connectivity index (χ2n) is 8.76. The first kappa shape index (κ1) is 19.8. The number of pyridine rings is 1. The van der Waals surface area contributed by atoms with E-state index in [-0.39, 0.29) is 23.6 Å². The standard InChI is InChI=1S/C26H24N4O3/c1-17-15-28(16-27-17)21-9-10-22-26(32)29(13-14-30(22)25(21)31)20-11-12-24(20)33-23-8-4-6-18-5-2-3-7-19(18)23/h2-10,15-16,20,24H,11-14H2,1H3/t20-,24-/m0/s1. The largest absolute Gasteiger partial charge is 0.488 e. The Morgan fingerprint density at radius 2 is 1.82 bits per heavy atom. The third-order valence-electron chi connectivity index (χ3n) is 6.79. The minimum Gasteiger partial charge on any atom is -0.488 e. The van der Waals surface area contributed by atoms with Gasteiger partial charge in [0.2, 0.25) is 0 Å². The average Bonchev–Trinajstić information content (AvgIpc) is 3.25. The van der Waals surface area contributed by atoms with E-state index in [1.54, 1.807) is 27.6 Å². The fraction of sp³-hybridized carbons (Fsp3) is 0.269. The Balaban J connectivity index is 1.25. The molecule has 7 heteroatoms. The van der Waals surface area contributed by atoms with E-state index >= 15 is 0 Å². The van der Waals surface area contributed by atoms with Gasteiger partial charge in [0.25, 0.3) is 11.5 Å². The monoisotopic (exact) mass is 440 g/mol. The Morgan fingerprint density at radius 3 is 2.61 bits per heavy atom. The van der Waals surface area contributed by atoms with Gasteiger partial charge in [-0.2, -0.15) is 0 Å². The average molecular weight is 441 g/mol. The zero-order valence-electron chi connectivity index (χ0n) is 18.3. The molecular formula is C26H24N4O3. The molecule has 1 saturated carbocycles. The van der Waals surface area contributed by atoms with Crippen LogP contribution in [0.5, 0.6) is 5.75 Å². The van der Waals surface area contributed by atoms with Crippen LogP contribution in [0, 0.1) is 6.92 Å². The molecule has 1 amide bonds. The van der Waals surface area contributed by atoms with Gasteiger partial charge in [-0.1, -0.05) is 36.4 Å². The van der Waals surface area contributed by atoms with E-state index in [0.717, 1.165) is 35.1 Å². The maximum absolute atomic E-state index is 13.4. The molecule has 33 heavy (non-hydrogen) atoms. The highest BCUT2D eigenvalue weighted by Gasteiger charge is 2.42. The molecule has 0 radical (unpaired) electrons. The van der Waals surface area contributed by atoms with Gasteiger partial charge in [-0.25, -0.2) is 4.98 Å². The zero-order chi connectivity index (χ0) is 22.5. The number of benzene rings is 2. The van der Waals surface area contributed by atoms with Crippen LogP contribution in [0.4, 0.5) is 0 Å². The van der Waals surface area contributed by atoms with Crippen molar-refractivity contribution >= 4 is 16.7 Å². The van der Waals surface area contributed by atoms with E-state index in [2.05, 4.69) is 23.2 Å². The number of rotatable bonds is 4. The molecule has 0 N–H and O–H groups in total. The number of hydrogen-bond donors (Lipinski definition) is 0. The summed E-state index contributed by atoms with van der Waals surface area (Å²) in [6, 6.07) is 17.7. The summed E-state index contributed by atoms with van der Waals surface area (Å²) >= 11 is 0.